The van der Waals surface area contributed by atoms with Crippen LogP contribution in [0.15, 0.2) is 24.3 Å². The van der Waals surface area contributed by atoms with Crippen LogP contribution in [0.4, 0.5) is 5.69 Å². The fourth-order valence-corrected chi connectivity index (χ4v) is 1.26. The number of rotatable bonds is 3. The van der Waals surface area contributed by atoms with E-state index in [1.54, 1.807) is 18.2 Å². The maximum absolute atomic E-state index is 10.6. The second-order valence-corrected chi connectivity index (χ2v) is 3.50. The van der Waals surface area contributed by atoms with E-state index in [-0.39, 0.29) is 12.4 Å². The van der Waals surface area contributed by atoms with Crippen molar-refractivity contribution in [2.45, 2.75) is 19.6 Å². The molecule has 0 radical (unpaired) electrons. The molecule has 1 atom stereocenters. The Kier molecular flexibility index (Phi) is 3.25. The highest BCUT2D eigenvalue weighted by Crippen LogP contribution is 2.25. The number of nitrogens with zero attached hydrogens (tertiary/aromatic N) is 1. The normalized spacial score (nSPS) is 12.2. The first-order valence-corrected chi connectivity index (χ1v) is 4.45. The Morgan fingerprint density at radius 3 is 2.50 bits per heavy atom. The number of para-hydroxylation sites is 1. The van der Waals surface area contributed by atoms with Gasteiger partial charge in [-0.3, -0.25) is 10.1 Å². The van der Waals surface area contributed by atoms with Crippen LogP contribution in [0.2, 0.25) is 13.6 Å². The summed E-state index contributed by atoms with van der Waals surface area (Å²) in [5.41, 5.74) is 0.362. The SMILES string of the molecule is CB(C)C(O)c1ccccc1[N+](=O)[O-]. The van der Waals surface area contributed by atoms with E-state index in [0.29, 0.717) is 5.56 Å². The molecule has 0 aromatic heterocycles. The molecule has 0 aliphatic heterocycles. The van der Waals surface area contributed by atoms with Crippen molar-refractivity contribution in [2.24, 2.45) is 0 Å². The van der Waals surface area contributed by atoms with Gasteiger partial charge in [0.25, 0.3) is 5.69 Å². The zero-order valence-corrected chi connectivity index (χ0v) is 8.18. The average molecular weight is 193 g/mol. The Morgan fingerprint density at radius 1 is 1.43 bits per heavy atom. The summed E-state index contributed by atoms with van der Waals surface area (Å²) in [4.78, 5) is 10.2. The topological polar surface area (TPSA) is 63.4 Å². The lowest BCUT2D eigenvalue weighted by Gasteiger charge is -2.12. The summed E-state index contributed by atoms with van der Waals surface area (Å²) >= 11 is 0. The minimum Gasteiger partial charge on any atom is -0.397 e. The lowest BCUT2D eigenvalue weighted by molar-refractivity contribution is -0.386. The first-order valence-electron chi connectivity index (χ1n) is 4.45. The zero-order valence-electron chi connectivity index (χ0n) is 8.18. The first-order chi connectivity index (χ1) is 6.54. The molecule has 0 saturated carbocycles. The summed E-state index contributed by atoms with van der Waals surface area (Å²) in [5, 5.41) is 20.4. The molecule has 0 heterocycles. The van der Waals surface area contributed by atoms with Gasteiger partial charge in [-0.15, -0.1) is 0 Å². The van der Waals surface area contributed by atoms with Gasteiger partial charge in [-0.05, 0) is 0 Å². The summed E-state index contributed by atoms with van der Waals surface area (Å²) in [6.07, 6.45) is 0. The maximum Gasteiger partial charge on any atom is 0.274 e. The molecule has 1 unspecified atom stereocenters. The highest BCUT2D eigenvalue weighted by Gasteiger charge is 2.23. The number of nitro benzene ring substituents is 1. The number of nitro groups is 1. The van der Waals surface area contributed by atoms with Gasteiger partial charge in [0.2, 0.25) is 0 Å². The summed E-state index contributed by atoms with van der Waals surface area (Å²) in [6.45, 7) is 3.61. The molecule has 0 fully saturated rings. The van der Waals surface area contributed by atoms with Gasteiger partial charge in [-0.1, -0.05) is 31.8 Å². The van der Waals surface area contributed by atoms with Crippen LogP contribution in [0.25, 0.3) is 0 Å². The van der Waals surface area contributed by atoms with E-state index in [9.17, 15) is 15.2 Å². The van der Waals surface area contributed by atoms with Crippen molar-refractivity contribution < 1.29 is 10.0 Å². The fourth-order valence-electron chi connectivity index (χ4n) is 1.26. The van der Waals surface area contributed by atoms with E-state index in [4.69, 9.17) is 0 Å². The summed E-state index contributed by atoms with van der Waals surface area (Å²) in [5.74, 6) is 0. The van der Waals surface area contributed by atoms with Gasteiger partial charge in [0.05, 0.1) is 16.5 Å². The highest BCUT2D eigenvalue weighted by molar-refractivity contribution is 6.57. The van der Waals surface area contributed by atoms with Crippen molar-refractivity contribution in [1.29, 1.82) is 0 Å². The van der Waals surface area contributed by atoms with Crippen molar-refractivity contribution in [3.63, 3.8) is 0 Å². The van der Waals surface area contributed by atoms with Gasteiger partial charge >= 0.3 is 0 Å². The van der Waals surface area contributed by atoms with E-state index in [1.165, 1.54) is 6.07 Å². The van der Waals surface area contributed by atoms with Crippen LogP contribution < -0.4 is 0 Å². The molecule has 1 N–H and O–H groups in total. The van der Waals surface area contributed by atoms with Gasteiger partial charge < -0.3 is 5.11 Å². The van der Waals surface area contributed by atoms with Gasteiger partial charge in [0, 0.05) is 6.07 Å². The van der Waals surface area contributed by atoms with Gasteiger partial charge in [-0.25, -0.2) is 0 Å². The van der Waals surface area contributed by atoms with Crippen molar-refractivity contribution >= 4 is 12.4 Å². The average Bonchev–Trinajstić information content (AvgIpc) is 2.16. The molecule has 0 aliphatic rings. The first kappa shape index (κ1) is 10.7. The Bertz CT molecular complexity index is 341. The smallest absolute Gasteiger partial charge is 0.274 e. The Hall–Kier alpha value is -1.36. The van der Waals surface area contributed by atoms with Crippen molar-refractivity contribution in [2.75, 3.05) is 0 Å². The minimum absolute atomic E-state index is 0.0197. The lowest BCUT2D eigenvalue weighted by atomic mass is 9.48. The van der Waals surface area contributed by atoms with Crippen LogP contribution in [0.5, 0.6) is 0 Å². The largest absolute Gasteiger partial charge is 0.397 e. The number of aliphatic hydroxyl groups is 1. The number of hydrogen-bond donors (Lipinski definition) is 1. The van der Waals surface area contributed by atoms with Gasteiger partial charge in [0.15, 0.2) is 6.71 Å². The third-order valence-corrected chi connectivity index (χ3v) is 2.08. The van der Waals surface area contributed by atoms with E-state index in [0.717, 1.165) is 0 Å². The minimum atomic E-state index is -0.781. The number of benzene rings is 1. The van der Waals surface area contributed by atoms with Gasteiger partial charge in [0.1, 0.15) is 0 Å². The predicted octanol–water partition coefficient (Wildman–Crippen LogP) is 1.92. The molecule has 1 aromatic rings. The van der Waals surface area contributed by atoms with Crippen molar-refractivity contribution in [3.8, 4) is 0 Å². The lowest BCUT2D eigenvalue weighted by Crippen LogP contribution is -2.16. The third kappa shape index (κ3) is 2.11. The molecule has 0 spiro atoms. The van der Waals surface area contributed by atoms with Crippen LogP contribution in [-0.4, -0.2) is 16.7 Å². The van der Waals surface area contributed by atoms with Crippen molar-refractivity contribution in [3.05, 3.63) is 39.9 Å². The maximum atomic E-state index is 10.6. The molecule has 14 heavy (non-hydrogen) atoms. The Balaban J connectivity index is 3.13. The third-order valence-electron chi connectivity index (χ3n) is 2.08. The van der Waals surface area contributed by atoms with Crippen LogP contribution in [0, 0.1) is 10.1 Å². The quantitative estimate of drug-likeness (QED) is 0.453. The van der Waals surface area contributed by atoms with Crippen molar-refractivity contribution in [1.82, 2.24) is 0 Å². The van der Waals surface area contributed by atoms with E-state index in [1.807, 2.05) is 13.6 Å². The van der Waals surface area contributed by atoms with E-state index >= 15 is 0 Å². The molecule has 74 valence electrons. The predicted molar refractivity (Wildman–Crippen MR) is 55.5 cm³/mol. The molecular weight excluding hydrogens is 181 g/mol. The molecule has 1 rings (SSSR count). The molecule has 1 aromatic carbocycles. The molecule has 0 amide bonds. The monoisotopic (exact) mass is 193 g/mol. The number of hydrogen-bond acceptors (Lipinski definition) is 3. The van der Waals surface area contributed by atoms with Gasteiger partial charge in [-0.2, -0.15) is 0 Å². The fraction of sp³-hybridized carbons (Fsp3) is 0.333. The summed E-state index contributed by atoms with van der Waals surface area (Å²) in [6, 6.07) is 5.49. The molecule has 4 nitrogen and oxygen atoms in total. The van der Waals surface area contributed by atoms with E-state index in [2.05, 4.69) is 0 Å². The standard InChI is InChI=1S/C9H12BNO3/c1-10(2)9(12)7-5-3-4-6-8(7)11(13)14/h3-6,9,12H,1-2H3. The highest BCUT2D eigenvalue weighted by atomic mass is 16.6. The second-order valence-electron chi connectivity index (χ2n) is 3.50. The van der Waals surface area contributed by atoms with Crippen LogP contribution in [0.3, 0.4) is 0 Å². The van der Waals surface area contributed by atoms with Crippen LogP contribution >= 0.6 is 0 Å². The molecule has 0 saturated heterocycles. The second kappa shape index (κ2) is 4.24. The summed E-state index contributed by atoms with van der Waals surface area (Å²) in [7, 11) is 0. The molecule has 0 aliphatic carbocycles. The summed E-state index contributed by atoms with van der Waals surface area (Å²) < 4.78 is 0. The Morgan fingerprint density at radius 2 is 2.00 bits per heavy atom. The Labute approximate surface area is 82.8 Å². The molecule has 5 heteroatoms. The van der Waals surface area contributed by atoms with E-state index < -0.39 is 10.9 Å². The molecular formula is C9H12BNO3. The zero-order chi connectivity index (χ0) is 10.7. The number of aliphatic hydroxyl groups excluding tert-OH is 1. The van der Waals surface area contributed by atoms with Crippen LogP contribution in [-0.2, 0) is 0 Å². The van der Waals surface area contributed by atoms with Crippen LogP contribution in [0.1, 0.15) is 11.6 Å². The molecule has 0 bridgehead atoms.